The molecule has 1 aliphatic rings. The zero-order valence-electron chi connectivity index (χ0n) is 10.2. The van der Waals surface area contributed by atoms with Gasteiger partial charge in [0, 0.05) is 0 Å². The summed E-state index contributed by atoms with van der Waals surface area (Å²) in [7, 11) is 0. The van der Waals surface area contributed by atoms with Crippen LogP contribution in [0.1, 0.15) is 58.3 Å². The molecule has 1 rings (SSSR count). The Bertz CT molecular complexity index is 207. The minimum Gasteiger partial charge on any atom is -0.481 e. The van der Waals surface area contributed by atoms with Crippen LogP contribution in [0.25, 0.3) is 0 Å². The van der Waals surface area contributed by atoms with E-state index in [0.29, 0.717) is 6.42 Å². The Morgan fingerprint density at radius 2 is 1.81 bits per heavy atom. The molecule has 3 heteroatoms. The number of aliphatic hydroxyl groups excluding tert-OH is 1. The van der Waals surface area contributed by atoms with Crippen molar-refractivity contribution in [2.24, 2.45) is 11.8 Å². The van der Waals surface area contributed by atoms with Crippen molar-refractivity contribution >= 4 is 5.97 Å². The van der Waals surface area contributed by atoms with E-state index in [0.717, 1.165) is 32.1 Å². The summed E-state index contributed by atoms with van der Waals surface area (Å²) in [4.78, 5) is 11.1. The normalized spacial score (nSPS) is 22.4. The van der Waals surface area contributed by atoms with E-state index in [1.165, 1.54) is 12.8 Å². The van der Waals surface area contributed by atoms with Crippen molar-refractivity contribution in [1.82, 2.24) is 0 Å². The van der Waals surface area contributed by atoms with E-state index in [1.807, 2.05) is 6.92 Å². The average Bonchev–Trinajstić information content (AvgIpc) is 2.53. The topological polar surface area (TPSA) is 57.5 Å². The largest absolute Gasteiger partial charge is 0.481 e. The summed E-state index contributed by atoms with van der Waals surface area (Å²) >= 11 is 0. The van der Waals surface area contributed by atoms with Gasteiger partial charge in [-0.3, -0.25) is 4.79 Å². The number of aliphatic hydroxyl groups is 1. The lowest BCUT2D eigenvalue weighted by atomic mass is 9.84. The molecule has 0 radical (unpaired) electrons. The molecule has 0 aliphatic heterocycles. The van der Waals surface area contributed by atoms with Gasteiger partial charge in [-0.25, -0.2) is 0 Å². The van der Waals surface area contributed by atoms with Crippen LogP contribution in [0.5, 0.6) is 0 Å². The number of carbonyl (C=O) groups is 1. The molecule has 1 aliphatic carbocycles. The van der Waals surface area contributed by atoms with Gasteiger partial charge in [0.05, 0.1) is 12.0 Å². The fourth-order valence-electron chi connectivity index (χ4n) is 2.73. The number of carboxylic acids is 1. The van der Waals surface area contributed by atoms with E-state index < -0.39 is 18.0 Å². The van der Waals surface area contributed by atoms with Crippen LogP contribution in [0.15, 0.2) is 0 Å². The molecule has 2 atom stereocenters. The van der Waals surface area contributed by atoms with E-state index in [-0.39, 0.29) is 5.92 Å². The number of carboxylic acid groups (broad SMARTS) is 1. The minimum atomic E-state index is -0.835. The van der Waals surface area contributed by atoms with E-state index in [4.69, 9.17) is 5.11 Å². The summed E-state index contributed by atoms with van der Waals surface area (Å²) in [5.74, 6) is -1.19. The van der Waals surface area contributed by atoms with E-state index in [9.17, 15) is 9.90 Å². The van der Waals surface area contributed by atoms with Gasteiger partial charge in [0.2, 0.25) is 0 Å². The van der Waals surface area contributed by atoms with Crippen molar-refractivity contribution in [3.05, 3.63) is 0 Å². The second kappa shape index (κ2) is 6.89. The summed E-state index contributed by atoms with van der Waals surface area (Å²) in [6, 6.07) is 0. The molecule has 0 aromatic heterocycles. The smallest absolute Gasteiger partial charge is 0.309 e. The van der Waals surface area contributed by atoms with E-state index in [2.05, 4.69) is 0 Å². The zero-order chi connectivity index (χ0) is 12.0. The van der Waals surface area contributed by atoms with Crippen molar-refractivity contribution in [2.45, 2.75) is 64.4 Å². The van der Waals surface area contributed by atoms with Gasteiger partial charge < -0.3 is 10.2 Å². The lowest BCUT2D eigenvalue weighted by Gasteiger charge is -2.26. The highest BCUT2D eigenvalue weighted by Crippen LogP contribution is 2.30. The second-order valence-electron chi connectivity index (χ2n) is 4.98. The molecule has 0 aromatic carbocycles. The summed E-state index contributed by atoms with van der Waals surface area (Å²) < 4.78 is 0. The molecule has 16 heavy (non-hydrogen) atoms. The Balaban J connectivity index is 2.56. The lowest BCUT2D eigenvalue weighted by molar-refractivity contribution is -0.147. The van der Waals surface area contributed by atoms with Gasteiger partial charge >= 0.3 is 5.97 Å². The lowest BCUT2D eigenvalue weighted by Crippen LogP contribution is -2.34. The Morgan fingerprint density at radius 3 is 2.25 bits per heavy atom. The van der Waals surface area contributed by atoms with Crippen molar-refractivity contribution in [2.75, 3.05) is 0 Å². The maximum absolute atomic E-state index is 11.1. The summed E-state index contributed by atoms with van der Waals surface area (Å²) in [5, 5.41) is 19.3. The van der Waals surface area contributed by atoms with E-state index in [1.54, 1.807) is 0 Å². The number of hydrogen-bond acceptors (Lipinski definition) is 2. The van der Waals surface area contributed by atoms with Gasteiger partial charge in [0.15, 0.2) is 0 Å². The molecular formula is C13H24O3. The van der Waals surface area contributed by atoms with Crippen LogP contribution in [0.4, 0.5) is 0 Å². The van der Waals surface area contributed by atoms with Crippen LogP contribution >= 0.6 is 0 Å². The standard InChI is InChI=1S/C13H24O3/c1-2-7-11(13(15)16)12(14)10-8-5-3-4-6-9-10/h10-12,14H,2-9H2,1H3,(H,15,16). The molecule has 3 nitrogen and oxygen atoms in total. The Morgan fingerprint density at radius 1 is 1.25 bits per heavy atom. The highest BCUT2D eigenvalue weighted by Gasteiger charge is 2.32. The molecule has 1 fully saturated rings. The molecule has 2 unspecified atom stereocenters. The Kier molecular flexibility index (Phi) is 5.81. The molecule has 0 aromatic rings. The zero-order valence-corrected chi connectivity index (χ0v) is 10.2. The van der Waals surface area contributed by atoms with Gasteiger partial charge in [-0.05, 0) is 25.2 Å². The first-order chi connectivity index (χ1) is 7.66. The molecule has 1 saturated carbocycles. The Labute approximate surface area is 97.9 Å². The highest BCUT2D eigenvalue weighted by molar-refractivity contribution is 5.70. The first kappa shape index (κ1) is 13.5. The molecule has 0 amide bonds. The minimum absolute atomic E-state index is 0.204. The van der Waals surface area contributed by atoms with Crippen molar-refractivity contribution in [3.8, 4) is 0 Å². The summed E-state index contributed by atoms with van der Waals surface area (Å²) in [6.07, 6.45) is 7.50. The fraction of sp³-hybridized carbons (Fsp3) is 0.923. The maximum Gasteiger partial charge on any atom is 0.309 e. The summed E-state index contributed by atoms with van der Waals surface area (Å²) in [5.41, 5.74) is 0. The average molecular weight is 228 g/mol. The van der Waals surface area contributed by atoms with Crippen LogP contribution in [0.2, 0.25) is 0 Å². The first-order valence-electron chi connectivity index (χ1n) is 6.57. The molecule has 94 valence electrons. The molecule has 0 heterocycles. The van der Waals surface area contributed by atoms with Crippen molar-refractivity contribution in [1.29, 1.82) is 0 Å². The van der Waals surface area contributed by atoms with Gasteiger partial charge in [-0.2, -0.15) is 0 Å². The van der Waals surface area contributed by atoms with Crippen LogP contribution in [0, 0.1) is 11.8 Å². The molecule has 0 spiro atoms. The monoisotopic (exact) mass is 228 g/mol. The third-order valence-corrected chi connectivity index (χ3v) is 3.71. The van der Waals surface area contributed by atoms with Crippen molar-refractivity contribution in [3.63, 3.8) is 0 Å². The third kappa shape index (κ3) is 3.78. The first-order valence-corrected chi connectivity index (χ1v) is 6.57. The molecular weight excluding hydrogens is 204 g/mol. The molecule has 2 N–H and O–H groups in total. The second-order valence-corrected chi connectivity index (χ2v) is 4.98. The van der Waals surface area contributed by atoms with Crippen LogP contribution in [-0.2, 0) is 4.79 Å². The predicted octanol–water partition coefficient (Wildman–Crippen LogP) is 2.82. The number of rotatable bonds is 5. The van der Waals surface area contributed by atoms with Gasteiger partial charge in [0.1, 0.15) is 0 Å². The van der Waals surface area contributed by atoms with Gasteiger partial charge in [0.25, 0.3) is 0 Å². The van der Waals surface area contributed by atoms with Crippen LogP contribution in [0.3, 0.4) is 0 Å². The van der Waals surface area contributed by atoms with Gasteiger partial charge in [-0.1, -0.05) is 39.0 Å². The van der Waals surface area contributed by atoms with Crippen LogP contribution < -0.4 is 0 Å². The SMILES string of the molecule is CCCC(C(=O)O)C(O)C1CCCCCC1. The highest BCUT2D eigenvalue weighted by atomic mass is 16.4. The maximum atomic E-state index is 11.1. The molecule has 0 bridgehead atoms. The van der Waals surface area contributed by atoms with E-state index >= 15 is 0 Å². The quantitative estimate of drug-likeness (QED) is 0.711. The summed E-state index contributed by atoms with van der Waals surface area (Å²) in [6.45, 7) is 1.97. The van der Waals surface area contributed by atoms with Crippen molar-refractivity contribution < 1.29 is 15.0 Å². The molecule has 0 saturated heterocycles. The third-order valence-electron chi connectivity index (χ3n) is 3.71. The van der Waals surface area contributed by atoms with Crippen LogP contribution in [-0.4, -0.2) is 22.3 Å². The predicted molar refractivity (Wildman–Crippen MR) is 63.2 cm³/mol. The Hall–Kier alpha value is -0.570. The number of aliphatic carboxylic acids is 1. The number of hydrogen-bond donors (Lipinski definition) is 2. The fourth-order valence-corrected chi connectivity index (χ4v) is 2.73. The van der Waals surface area contributed by atoms with Gasteiger partial charge in [-0.15, -0.1) is 0 Å².